The summed E-state index contributed by atoms with van der Waals surface area (Å²) in [5.41, 5.74) is 0. The first-order chi connectivity index (χ1) is 8.26. The van der Waals surface area contributed by atoms with Crippen LogP contribution in [0.4, 0.5) is 0 Å². The fourth-order valence-corrected chi connectivity index (χ4v) is 3.01. The van der Waals surface area contributed by atoms with E-state index in [1.807, 2.05) is 0 Å². The summed E-state index contributed by atoms with van der Waals surface area (Å²) in [5, 5.41) is 3.76. The molecular formula is C16H33N. The van der Waals surface area contributed by atoms with Gasteiger partial charge in [0.15, 0.2) is 0 Å². The topological polar surface area (TPSA) is 12.0 Å². The SMILES string of the molecule is CCCCC(CC)NCCC1CCC(C)CC1. The molecule has 0 spiro atoms. The Labute approximate surface area is 109 Å². The van der Waals surface area contributed by atoms with Crippen molar-refractivity contribution in [3.63, 3.8) is 0 Å². The summed E-state index contributed by atoms with van der Waals surface area (Å²) < 4.78 is 0. The van der Waals surface area contributed by atoms with Crippen molar-refractivity contribution in [1.82, 2.24) is 5.32 Å². The summed E-state index contributed by atoms with van der Waals surface area (Å²) in [4.78, 5) is 0. The molecule has 0 radical (unpaired) electrons. The van der Waals surface area contributed by atoms with E-state index in [1.165, 1.54) is 64.3 Å². The molecule has 1 unspecified atom stereocenters. The van der Waals surface area contributed by atoms with Crippen LogP contribution in [0, 0.1) is 11.8 Å². The lowest BCUT2D eigenvalue weighted by atomic mass is 9.81. The number of rotatable bonds is 8. The van der Waals surface area contributed by atoms with Crippen molar-refractivity contribution in [3.8, 4) is 0 Å². The average Bonchev–Trinajstić information content (AvgIpc) is 2.36. The lowest BCUT2D eigenvalue weighted by molar-refractivity contribution is 0.271. The van der Waals surface area contributed by atoms with E-state index in [2.05, 4.69) is 26.1 Å². The van der Waals surface area contributed by atoms with Crippen molar-refractivity contribution in [2.45, 2.75) is 84.6 Å². The van der Waals surface area contributed by atoms with E-state index in [4.69, 9.17) is 0 Å². The van der Waals surface area contributed by atoms with Gasteiger partial charge in [-0.1, -0.05) is 59.3 Å². The molecule has 1 atom stereocenters. The second kappa shape index (κ2) is 8.97. The molecule has 0 saturated heterocycles. The first-order valence-corrected chi connectivity index (χ1v) is 7.99. The smallest absolute Gasteiger partial charge is 0.00644 e. The summed E-state index contributed by atoms with van der Waals surface area (Å²) in [5.74, 6) is 2.01. The van der Waals surface area contributed by atoms with Gasteiger partial charge in [0.1, 0.15) is 0 Å². The van der Waals surface area contributed by atoms with E-state index >= 15 is 0 Å². The lowest BCUT2D eigenvalue weighted by Crippen LogP contribution is -2.30. The third-order valence-corrected chi connectivity index (χ3v) is 4.52. The molecule has 1 nitrogen and oxygen atoms in total. The van der Waals surface area contributed by atoms with E-state index in [9.17, 15) is 0 Å². The van der Waals surface area contributed by atoms with Gasteiger partial charge in [-0.05, 0) is 37.6 Å². The molecular weight excluding hydrogens is 206 g/mol. The maximum Gasteiger partial charge on any atom is 0.00644 e. The van der Waals surface area contributed by atoms with Gasteiger partial charge in [0.25, 0.3) is 0 Å². The molecule has 1 N–H and O–H groups in total. The van der Waals surface area contributed by atoms with Crippen molar-refractivity contribution in [2.24, 2.45) is 11.8 Å². The molecule has 0 aromatic heterocycles. The highest BCUT2D eigenvalue weighted by molar-refractivity contribution is 4.72. The predicted molar refractivity (Wildman–Crippen MR) is 77.3 cm³/mol. The molecule has 0 bridgehead atoms. The molecule has 0 aromatic carbocycles. The van der Waals surface area contributed by atoms with Crippen LogP contribution in [0.5, 0.6) is 0 Å². The first kappa shape index (κ1) is 15.0. The predicted octanol–water partition coefficient (Wildman–Crippen LogP) is 4.76. The van der Waals surface area contributed by atoms with Crippen LogP contribution in [0.25, 0.3) is 0 Å². The molecule has 1 aliphatic rings. The Morgan fingerprint density at radius 3 is 2.41 bits per heavy atom. The standard InChI is InChI=1S/C16H33N/c1-4-6-7-16(5-2)17-13-12-15-10-8-14(3)9-11-15/h14-17H,4-13H2,1-3H3. The van der Waals surface area contributed by atoms with Crippen LogP contribution < -0.4 is 5.32 Å². The molecule has 17 heavy (non-hydrogen) atoms. The van der Waals surface area contributed by atoms with Crippen LogP contribution >= 0.6 is 0 Å². The van der Waals surface area contributed by atoms with Crippen LogP contribution in [0.1, 0.15) is 78.6 Å². The molecule has 0 amide bonds. The summed E-state index contributed by atoms with van der Waals surface area (Å²) >= 11 is 0. The van der Waals surface area contributed by atoms with Crippen molar-refractivity contribution >= 4 is 0 Å². The van der Waals surface area contributed by atoms with Gasteiger partial charge in [-0.15, -0.1) is 0 Å². The molecule has 0 aliphatic heterocycles. The largest absolute Gasteiger partial charge is 0.314 e. The minimum Gasteiger partial charge on any atom is -0.314 e. The fraction of sp³-hybridized carbons (Fsp3) is 1.00. The molecule has 0 heterocycles. The second-order valence-corrected chi connectivity index (χ2v) is 6.12. The minimum absolute atomic E-state index is 0.775. The van der Waals surface area contributed by atoms with Gasteiger partial charge in [0.05, 0.1) is 0 Å². The summed E-state index contributed by atoms with van der Waals surface area (Å²) in [6.45, 7) is 8.26. The van der Waals surface area contributed by atoms with Gasteiger partial charge in [-0.3, -0.25) is 0 Å². The van der Waals surface area contributed by atoms with Gasteiger partial charge in [0, 0.05) is 6.04 Å². The molecule has 0 aromatic rings. The highest BCUT2D eigenvalue weighted by Crippen LogP contribution is 2.29. The van der Waals surface area contributed by atoms with Crippen LogP contribution in [0.15, 0.2) is 0 Å². The zero-order chi connectivity index (χ0) is 12.5. The van der Waals surface area contributed by atoms with Crippen molar-refractivity contribution < 1.29 is 0 Å². The lowest BCUT2D eigenvalue weighted by Gasteiger charge is -2.27. The van der Waals surface area contributed by atoms with Gasteiger partial charge in [-0.25, -0.2) is 0 Å². The highest BCUT2D eigenvalue weighted by Gasteiger charge is 2.17. The first-order valence-electron chi connectivity index (χ1n) is 7.99. The molecule has 1 saturated carbocycles. The van der Waals surface area contributed by atoms with E-state index < -0.39 is 0 Å². The molecule has 1 fully saturated rings. The van der Waals surface area contributed by atoms with Gasteiger partial charge in [-0.2, -0.15) is 0 Å². The van der Waals surface area contributed by atoms with Gasteiger partial charge < -0.3 is 5.32 Å². The Kier molecular flexibility index (Phi) is 7.92. The monoisotopic (exact) mass is 239 g/mol. The van der Waals surface area contributed by atoms with Crippen LogP contribution in [-0.2, 0) is 0 Å². The van der Waals surface area contributed by atoms with Gasteiger partial charge >= 0.3 is 0 Å². The van der Waals surface area contributed by atoms with Gasteiger partial charge in [0.2, 0.25) is 0 Å². The van der Waals surface area contributed by atoms with E-state index in [-0.39, 0.29) is 0 Å². The summed E-state index contributed by atoms with van der Waals surface area (Å²) in [7, 11) is 0. The Hall–Kier alpha value is -0.0400. The normalized spacial score (nSPS) is 27.0. The quantitative estimate of drug-likeness (QED) is 0.644. The van der Waals surface area contributed by atoms with E-state index in [1.54, 1.807) is 0 Å². The van der Waals surface area contributed by atoms with Crippen LogP contribution in [-0.4, -0.2) is 12.6 Å². The average molecular weight is 239 g/mol. The molecule has 1 aliphatic carbocycles. The Morgan fingerprint density at radius 1 is 1.12 bits per heavy atom. The van der Waals surface area contributed by atoms with Crippen molar-refractivity contribution in [2.75, 3.05) is 6.54 Å². The van der Waals surface area contributed by atoms with Crippen molar-refractivity contribution in [3.05, 3.63) is 0 Å². The number of hydrogen-bond donors (Lipinski definition) is 1. The number of hydrogen-bond acceptors (Lipinski definition) is 1. The fourth-order valence-electron chi connectivity index (χ4n) is 3.01. The third kappa shape index (κ3) is 6.45. The summed E-state index contributed by atoms with van der Waals surface area (Å²) in [6.07, 6.45) is 12.7. The summed E-state index contributed by atoms with van der Waals surface area (Å²) in [6, 6.07) is 0.775. The third-order valence-electron chi connectivity index (χ3n) is 4.52. The minimum atomic E-state index is 0.775. The van der Waals surface area contributed by atoms with E-state index in [0.717, 1.165) is 17.9 Å². The number of unbranched alkanes of at least 4 members (excludes halogenated alkanes) is 1. The Bertz CT molecular complexity index is 166. The van der Waals surface area contributed by atoms with Crippen LogP contribution in [0.3, 0.4) is 0 Å². The highest BCUT2D eigenvalue weighted by atomic mass is 14.9. The number of nitrogens with one attached hydrogen (secondary N) is 1. The van der Waals surface area contributed by atoms with E-state index in [0.29, 0.717) is 0 Å². The molecule has 1 heteroatoms. The molecule has 102 valence electrons. The molecule has 1 rings (SSSR count). The zero-order valence-electron chi connectivity index (χ0n) is 12.3. The maximum absolute atomic E-state index is 3.76. The maximum atomic E-state index is 3.76. The Balaban J connectivity index is 2.05. The zero-order valence-corrected chi connectivity index (χ0v) is 12.3. The van der Waals surface area contributed by atoms with Crippen molar-refractivity contribution in [1.29, 1.82) is 0 Å². The van der Waals surface area contributed by atoms with Crippen LogP contribution in [0.2, 0.25) is 0 Å². The second-order valence-electron chi connectivity index (χ2n) is 6.12. The Morgan fingerprint density at radius 2 is 1.82 bits per heavy atom.